The van der Waals surface area contributed by atoms with Gasteiger partial charge in [-0.1, -0.05) is 0 Å². The number of fused-ring (bicyclic) bond motifs is 1. The Morgan fingerprint density at radius 2 is 2.38 bits per heavy atom. The van der Waals surface area contributed by atoms with Crippen molar-refractivity contribution in [3.05, 3.63) is 42.0 Å². The van der Waals surface area contributed by atoms with Gasteiger partial charge >= 0.3 is 0 Å². The van der Waals surface area contributed by atoms with Crippen LogP contribution in [0, 0.1) is 13.0 Å². The highest BCUT2D eigenvalue weighted by atomic mass is 16.5. The zero-order valence-corrected chi connectivity index (χ0v) is 11.4. The summed E-state index contributed by atoms with van der Waals surface area (Å²) < 4.78 is 12.6. The zero-order valence-electron chi connectivity index (χ0n) is 11.4. The molecule has 0 unspecified atom stereocenters. The molecule has 0 fully saturated rings. The maximum atomic E-state index is 10.9. The summed E-state index contributed by atoms with van der Waals surface area (Å²) in [5, 5.41) is 3.97. The van der Waals surface area contributed by atoms with Gasteiger partial charge in [-0.25, -0.2) is 4.98 Å². The number of amides is 1. The van der Waals surface area contributed by atoms with Gasteiger partial charge in [-0.3, -0.25) is 9.48 Å². The molecule has 1 amide bonds. The summed E-state index contributed by atoms with van der Waals surface area (Å²) in [6, 6.07) is 8.14. The topological polar surface area (TPSA) is 96.2 Å². The van der Waals surface area contributed by atoms with Crippen molar-refractivity contribution in [3.8, 4) is 5.75 Å². The normalized spacial score (nSPS) is 10.9. The lowest BCUT2D eigenvalue weighted by atomic mass is 10.3. The van der Waals surface area contributed by atoms with Crippen molar-refractivity contribution in [3.63, 3.8) is 0 Å². The third-order valence-electron chi connectivity index (χ3n) is 2.87. The number of nitrogens with two attached hydrogens (primary N) is 1. The van der Waals surface area contributed by atoms with Crippen LogP contribution in [-0.4, -0.2) is 27.3 Å². The second kappa shape index (κ2) is 5.28. The largest absolute Gasteiger partial charge is 0.492 e. The maximum Gasteiger partial charge on any atom is 0.269 e. The summed E-state index contributed by atoms with van der Waals surface area (Å²) in [6.45, 7) is 2.68. The number of aromatic nitrogens is 3. The summed E-state index contributed by atoms with van der Waals surface area (Å²) in [5.41, 5.74) is 6.71. The lowest BCUT2D eigenvalue weighted by Crippen LogP contribution is -2.14. The minimum Gasteiger partial charge on any atom is -0.492 e. The van der Waals surface area contributed by atoms with Crippen molar-refractivity contribution in [2.75, 3.05) is 6.61 Å². The zero-order chi connectivity index (χ0) is 14.8. The van der Waals surface area contributed by atoms with E-state index in [1.54, 1.807) is 23.9 Å². The Balaban J connectivity index is 1.61. The van der Waals surface area contributed by atoms with E-state index < -0.39 is 5.91 Å². The summed E-state index contributed by atoms with van der Waals surface area (Å²) in [5.74, 6) is 0.707. The number of hydrogen-bond acceptors (Lipinski definition) is 5. The van der Waals surface area contributed by atoms with Crippen LogP contribution in [0.2, 0.25) is 0 Å². The lowest BCUT2D eigenvalue weighted by Gasteiger charge is -2.05. The van der Waals surface area contributed by atoms with Crippen LogP contribution in [0.15, 0.2) is 28.8 Å². The Morgan fingerprint density at radius 1 is 1.52 bits per heavy atom. The molecule has 1 aromatic carbocycles. The second-order valence-corrected chi connectivity index (χ2v) is 4.46. The van der Waals surface area contributed by atoms with E-state index in [2.05, 4.69) is 16.1 Å². The Morgan fingerprint density at radius 3 is 3.14 bits per heavy atom. The predicted molar refractivity (Wildman–Crippen MR) is 73.8 cm³/mol. The Hall–Kier alpha value is -2.83. The molecule has 7 nitrogen and oxygen atoms in total. The van der Waals surface area contributed by atoms with Gasteiger partial charge in [-0.15, -0.1) is 0 Å². The van der Waals surface area contributed by atoms with Gasteiger partial charge in [0, 0.05) is 25.3 Å². The maximum absolute atomic E-state index is 10.9. The molecule has 0 saturated heterocycles. The van der Waals surface area contributed by atoms with Crippen molar-refractivity contribution < 1.29 is 13.9 Å². The average molecular weight is 285 g/mol. The number of carbonyl (C=O) groups excluding carboxylic acids is 1. The van der Waals surface area contributed by atoms with Crippen LogP contribution in [0.5, 0.6) is 5.75 Å². The number of nitrogens with zero attached hydrogens (tertiary/aromatic N) is 3. The second-order valence-electron chi connectivity index (χ2n) is 4.46. The quantitative estimate of drug-likeness (QED) is 0.762. The van der Waals surface area contributed by atoms with E-state index in [1.807, 2.05) is 12.1 Å². The molecule has 2 heterocycles. The van der Waals surface area contributed by atoms with E-state index in [1.165, 1.54) is 0 Å². The van der Waals surface area contributed by atoms with Gasteiger partial charge in [0.2, 0.25) is 0 Å². The van der Waals surface area contributed by atoms with Crippen molar-refractivity contribution >= 4 is 17.0 Å². The van der Waals surface area contributed by atoms with Crippen LogP contribution < -0.4 is 10.5 Å². The third-order valence-corrected chi connectivity index (χ3v) is 2.87. The van der Waals surface area contributed by atoms with Crippen molar-refractivity contribution in [1.82, 2.24) is 14.8 Å². The lowest BCUT2D eigenvalue weighted by molar-refractivity contribution is 0.0994. The molecule has 107 valence electrons. The first-order valence-corrected chi connectivity index (χ1v) is 6.37. The molecule has 0 bridgehead atoms. The van der Waals surface area contributed by atoms with Gasteiger partial charge in [0.25, 0.3) is 5.91 Å². The number of oxazole rings is 1. The molecule has 0 aliphatic rings. The van der Waals surface area contributed by atoms with Gasteiger partial charge in [0.1, 0.15) is 17.9 Å². The Labute approximate surface area is 120 Å². The Bertz CT molecular complexity index is 790. The first-order chi connectivity index (χ1) is 10.1. The van der Waals surface area contributed by atoms with Crippen LogP contribution in [-0.2, 0) is 6.54 Å². The highest BCUT2D eigenvalue weighted by Gasteiger charge is 2.06. The SMILES string of the molecule is Cc1nc2ccc(OCCn3c[c]c(C(N)=O)n3)cc2o1. The average Bonchev–Trinajstić information content (AvgIpc) is 3.03. The number of hydrogen-bond donors (Lipinski definition) is 1. The molecule has 0 aliphatic carbocycles. The predicted octanol–water partition coefficient (Wildman–Crippen LogP) is 1.31. The van der Waals surface area contributed by atoms with E-state index in [0.29, 0.717) is 30.4 Å². The number of benzene rings is 1. The molecule has 0 saturated carbocycles. The molecule has 2 N–H and O–H groups in total. The van der Waals surface area contributed by atoms with Crippen molar-refractivity contribution in [2.45, 2.75) is 13.5 Å². The molecular formula is C14H13N4O3. The highest BCUT2D eigenvalue weighted by Crippen LogP contribution is 2.21. The minimum absolute atomic E-state index is 0.119. The minimum atomic E-state index is -0.596. The van der Waals surface area contributed by atoms with E-state index in [-0.39, 0.29) is 5.69 Å². The molecule has 0 atom stereocenters. The van der Waals surface area contributed by atoms with E-state index >= 15 is 0 Å². The number of carbonyl (C=O) groups is 1. The van der Waals surface area contributed by atoms with E-state index in [4.69, 9.17) is 14.9 Å². The highest BCUT2D eigenvalue weighted by molar-refractivity contribution is 5.90. The standard InChI is InChI=1S/C14H13N4O3/c1-9-16-11-3-2-10(8-13(11)21-9)20-7-6-18-5-4-12(17-18)14(15)19/h2-3,5,8H,6-7H2,1H3,(H2,15,19). The smallest absolute Gasteiger partial charge is 0.269 e. The van der Waals surface area contributed by atoms with E-state index in [9.17, 15) is 4.79 Å². The van der Waals surface area contributed by atoms with Crippen molar-refractivity contribution in [1.29, 1.82) is 0 Å². The Kier molecular flexibility index (Phi) is 3.31. The van der Waals surface area contributed by atoms with Gasteiger partial charge in [-0.05, 0) is 12.1 Å². The third kappa shape index (κ3) is 2.86. The number of primary amides is 1. The van der Waals surface area contributed by atoms with Crippen LogP contribution in [0.3, 0.4) is 0 Å². The summed E-state index contributed by atoms with van der Waals surface area (Å²) in [6.07, 6.45) is 1.56. The fraction of sp³-hybridized carbons (Fsp3) is 0.214. The summed E-state index contributed by atoms with van der Waals surface area (Å²) >= 11 is 0. The molecular weight excluding hydrogens is 272 g/mol. The summed E-state index contributed by atoms with van der Waals surface area (Å²) in [7, 11) is 0. The van der Waals surface area contributed by atoms with Crippen LogP contribution in [0.4, 0.5) is 0 Å². The molecule has 21 heavy (non-hydrogen) atoms. The van der Waals surface area contributed by atoms with Crippen LogP contribution in [0.1, 0.15) is 16.4 Å². The molecule has 2 aromatic heterocycles. The van der Waals surface area contributed by atoms with Gasteiger partial charge in [0.05, 0.1) is 6.54 Å². The van der Waals surface area contributed by atoms with E-state index in [0.717, 1.165) is 5.52 Å². The molecule has 3 aromatic rings. The molecule has 0 spiro atoms. The first kappa shape index (κ1) is 13.2. The number of ether oxygens (including phenoxy) is 1. The van der Waals surface area contributed by atoms with Gasteiger partial charge < -0.3 is 14.9 Å². The fourth-order valence-corrected chi connectivity index (χ4v) is 1.92. The fourth-order valence-electron chi connectivity index (χ4n) is 1.92. The van der Waals surface area contributed by atoms with Crippen molar-refractivity contribution in [2.24, 2.45) is 5.73 Å². The monoisotopic (exact) mass is 285 g/mol. The molecule has 0 aliphatic heterocycles. The number of rotatable bonds is 5. The first-order valence-electron chi connectivity index (χ1n) is 6.37. The van der Waals surface area contributed by atoms with Gasteiger partial charge in [-0.2, -0.15) is 5.10 Å². The molecule has 3 rings (SSSR count). The van der Waals surface area contributed by atoms with Gasteiger partial charge in [0.15, 0.2) is 17.2 Å². The molecule has 1 radical (unpaired) electrons. The number of aryl methyl sites for hydroxylation is 1. The van der Waals surface area contributed by atoms with Crippen LogP contribution >= 0.6 is 0 Å². The molecule has 7 heteroatoms. The summed E-state index contributed by atoms with van der Waals surface area (Å²) in [4.78, 5) is 15.1. The van der Waals surface area contributed by atoms with Crippen LogP contribution in [0.25, 0.3) is 11.1 Å².